The molecule has 0 spiro atoms. The van der Waals surface area contributed by atoms with Crippen molar-refractivity contribution in [3.05, 3.63) is 0 Å². The van der Waals surface area contributed by atoms with Crippen LogP contribution in [0.1, 0.15) is 27.2 Å². The summed E-state index contributed by atoms with van der Waals surface area (Å²) in [5.41, 5.74) is 0. The zero-order valence-corrected chi connectivity index (χ0v) is 11.7. The minimum absolute atomic E-state index is 0.00324. The molecule has 0 rings (SSSR count). The van der Waals surface area contributed by atoms with Gasteiger partial charge in [0.15, 0.2) is 6.29 Å². The van der Waals surface area contributed by atoms with Gasteiger partial charge < -0.3 is 14.8 Å². The van der Waals surface area contributed by atoms with E-state index in [1.165, 1.54) is 0 Å². The Bertz CT molecular complexity index is 218. The van der Waals surface area contributed by atoms with E-state index in [1.807, 2.05) is 6.92 Å². The van der Waals surface area contributed by atoms with Gasteiger partial charge in [0.2, 0.25) is 5.91 Å². The predicted octanol–water partition coefficient (Wildman–Crippen LogP) is 0.744. The molecule has 0 saturated heterocycles. The summed E-state index contributed by atoms with van der Waals surface area (Å²) in [6.45, 7) is 6.12. The van der Waals surface area contributed by atoms with Crippen LogP contribution in [0.4, 0.5) is 0 Å². The molecule has 5 heteroatoms. The molecule has 2 unspecified atom stereocenters. The lowest BCUT2D eigenvalue weighted by Crippen LogP contribution is -2.51. The zero-order valence-electron chi connectivity index (χ0n) is 11.7. The second kappa shape index (κ2) is 8.44. The monoisotopic (exact) mass is 246 g/mol. The number of carbonyl (C=O) groups is 1. The first-order valence-electron chi connectivity index (χ1n) is 5.99. The molecule has 0 aliphatic rings. The smallest absolute Gasteiger partial charge is 0.236 e. The third-order valence-electron chi connectivity index (χ3n) is 2.61. The standard InChI is InChI=1S/C12H26N2O3/c1-8(2)7-10(11(15)13-4)14-9(3)12(16-5)17-6/h8-10,12,14H,7H2,1-6H3,(H,13,15). The minimum Gasteiger partial charge on any atom is -0.358 e. The van der Waals surface area contributed by atoms with Gasteiger partial charge in [-0.05, 0) is 19.3 Å². The van der Waals surface area contributed by atoms with E-state index in [4.69, 9.17) is 9.47 Å². The molecule has 0 aliphatic heterocycles. The topological polar surface area (TPSA) is 59.6 Å². The van der Waals surface area contributed by atoms with Gasteiger partial charge in [-0.3, -0.25) is 10.1 Å². The van der Waals surface area contributed by atoms with Crippen molar-refractivity contribution in [1.29, 1.82) is 0 Å². The molecule has 5 nitrogen and oxygen atoms in total. The molecular weight excluding hydrogens is 220 g/mol. The lowest BCUT2D eigenvalue weighted by atomic mass is 10.0. The fourth-order valence-electron chi connectivity index (χ4n) is 1.80. The summed E-state index contributed by atoms with van der Waals surface area (Å²) in [5, 5.41) is 5.91. The Kier molecular flexibility index (Phi) is 8.12. The quantitative estimate of drug-likeness (QED) is 0.620. The van der Waals surface area contributed by atoms with Gasteiger partial charge in [0.1, 0.15) is 0 Å². The third-order valence-corrected chi connectivity index (χ3v) is 2.61. The van der Waals surface area contributed by atoms with Gasteiger partial charge in [-0.15, -0.1) is 0 Å². The zero-order chi connectivity index (χ0) is 13.4. The van der Waals surface area contributed by atoms with Gasteiger partial charge in [-0.1, -0.05) is 13.8 Å². The van der Waals surface area contributed by atoms with Gasteiger partial charge in [0, 0.05) is 21.3 Å². The number of hydrogen-bond donors (Lipinski definition) is 2. The van der Waals surface area contributed by atoms with Crippen molar-refractivity contribution in [3.63, 3.8) is 0 Å². The Hall–Kier alpha value is -0.650. The highest BCUT2D eigenvalue weighted by Gasteiger charge is 2.24. The lowest BCUT2D eigenvalue weighted by molar-refractivity contribution is -0.130. The first-order valence-corrected chi connectivity index (χ1v) is 5.99. The van der Waals surface area contributed by atoms with Crippen LogP contribution < -0.4 is 10.6 Å². The molecule has 0 heterocycles. The molecular formula is C12H26N2O3. The largest absolute Gasteiger partial charge is 0.358 e. The number of carbonyl (C=O) groups excluding carboxylic acids is 1. The predicted molar refractivity (Wildman–Crippen MR) is 67.7 cm³/mol. The molecule has 0 aromatic rings. The van der Waals surface area contributed by atoms with Gasteiger partial charge >= 0.3 is 0 Å². The first kappa shape index (κ1) is 16.4. The molecule has 17 heavy (non-hydrogen) atoms. The highest BCUT2D eigenvalue weighted by atomic mass is 16.7. The van der Waals surface area contributed by atoms with Gasteiger partial charge in [0.05, 0.1) is 12.1 Å². The van der Waals surface area contributed by atoms with Crippen LogP contribution in [0, 0.1) is 5.92 Å². The molecule has 102 valence electrons. The molecule has 0 fully saturated rings. The van der Waals surface area contributed by atoms with E-state index in [9.17, 15) is 4.79 Å². The Labute approximate surface area is 104 Å². The molecule has 0 aromatic carbocycles. The van der Waals surface area contributed by atoms with E-state index in [2.05, 4.69) is 24.5 Å². The Morgan fingerprint density at radius 2 is 1.71 bits per heavy atom. The van der Waals surface area contributed by atoms with Crippen molar-refractivity contribution in [3.8, 4) is 0 Å². The second-order valence-corrected chi connectivity index (χ2v) is 4.59. The maximum atomic E-state index is 11.7. The fraction of sp³-hybridized carbons (Fsp3) is 0.917. The average molecular weight is 246 g/mol. The Morgan fingerprint density at radius 1 is 1.18 bits per heavy atom. The summed E-state index contributed by atoms with van der Waals surface area (Å²) in [4.78, 5) is 11.7. The van der Waals surface area contributed by atoms with E-state index in [0.29, 0.717) is 5.92 Å². The van der Waals surface area contributed by atoms with Crippen molar-refractivity contribution < 1.29 is 14.3 Å². The molecule has 2 atom stereocenters. The van der Waals surface area contributed by atoms with Crippen molar-refractivity contribution in [2.24, 2.45) is 5.92 Å². The maximum absolute atomic E-state index is 11.7. The summed E-state index contributed by atoms with van der Waals surface area (Å²) in [6, 6.07) is -0.270. The highest BCUT2D eigenvalue weighted by molar-refractivity contribution is 5.81. The van der Waals surface area contributed by atoms with E-state index >= 15 is 0 Å². The summed E-state index contributed by atoms with van der Waals surface area (Å²) >= 11 is 0. The van der Waals surface area contributed by atoms with Crippen molar-refractivity contribution >= 4 is 5.91 Å². The normalized spacial score (nSPS) is 15.1. The van der Waals surface area contributed by atoms with Crippen LogP contribution in [0.2, 0.25) is 0 Å². The van der Waals surface area contributed by atoms with E-state index in [1.54, 1.807) is 21.3 Å². The molecule has 0 bridgehead atoms. The Balaban J connectivity index is 4.45. The average Bonchev–Trinajstić information content (AvgIpc) is 2.28. The van der Waals surface area contributed by atoms with Crippen LogP contribution in [0.3, 0.4) is 0 Å². The molecule has 0 saturated carbocycles. The number of likely N-dealkylation sites (N-methyl/N-ethyl adjacent to an activating group) is 1. The number of methoxy groups -OCH3 is 2. The van der Waals surface area contributed by atoms with Crippen LogP contribution in [0.15, 0.2) is 0 Å². The molecule has 0 radical (unpaired) electrons. The van der Waals surface area contributed by atoms with Crippen LogP contribution in [0.25, 0.3) is 0 Å². The highest BCUT2D eigenvalue weighted by Crippen LogP contribution is 2.08. The van der Waals surface area contributed by atoms with E-state index < -0.39 is 0 Å². The van der Waals surface area contributed by atoms with Gasteiger partial charge in [0.25, 0.3) is 0 Å². The second-order valence-electron chi connectivity index (χ2n) is 4.59. The van der Waals surface area contributed by atoms with Crippen LogP contribution in [-0.4, -0.2) is 45.5 Å². The van der Waals surface area contributed by atoms with E-state index in [0.717, 1.165) is 6.42 Å². The van der Waals surface area contributed by atoms with Crippen LogP contribution in [0.5, 0.6) is 0 Å². The molecule has 2 N–H and O–H groups in total. The van der Waals surface area contributed by atoms with Gasteiger partial charge in [-0.25, -0.2) is 0 Å². The summed E-state index contributed by atoms with van der Waals surface area (Å²) < 4.78 is 10.3. The minimum atomic E-state index is -0.352. The summed E-state index contributed by atoms with van der Waals surface area (Å²) in [5.74, 6) is 0.442. The third kappa shape index (κ3) is 6.00. The first-order chi connectivity index (χ1) is 7.96. The number of ether oxygens (including phenoxy) is 2. The number of hydrogen-bond acceptors (Lipinski definition) is 4. The molecule has 0 aliphatic carbocycles. The Morgan fingerprint density at radius 3 is 2.06 bits per heavy atom. The number of amides is 1. The van der Waals surface area contributed by atoms with Gasteiger partial charge in [-0.2, -0.15) is 0 Å². The van der Waals surface area contributed by atoms with E-state index in [-0.39, 0.29) is 24.3 Å². The van der Waals surface area contributed by atoms with Crippen LogP contribution in [-0.2, 0) is 14.3 Å². The summed E-state index contributed by atoms with van der Waals surface area (Å²) in [7, 11) is 4.82. The van der Waals surface area contributed by atoms with Crippen molar-refractivity contribution in [2.75, 3.05) is 21.3 Å². The number of nitrogens with one attached hydrogen (secondary N) is 2. The van der Waals surface area contributed by atoms with Crippen molar-refractivity contribution in [1.82, 2.24) is 10.6 Å². The van der Waals surface area contributed by atoms with Crippen molar-refractivity contribution in [2.45, 2.75) is 45.6 Å². The lowest BCUT2D eigenvalue weighted by Gasteiger charge is -2.27. The maximum Gasteiger partial charge on any atom is 0.236 e. The molecule has 1 amide bonds. The summed E-state index contributed by atoms with van der Waals surface area (Å²) in [6.07, 6.45) is 0.429. The molecule has 0 aromatic heterocycles. The van der Waals surface area contributed by atoms with Crippen LogP contribution >= 0.6 is 0 Å². The fourth-order valence-corrected chi connectivity index (χ4v) is 1.80. The number of rotatable bonds is 8. The SMILES string of the molecule is CNC(=O)C(CC(C)C)NC(C)C(OC)OC.